The number of anilines is 1. The van der Waals surface area contributed by atoms with Gasteiger partial charge in [0, 0.05) is 17.0 Å². The maximum Gasteiger partial charge on any atom is 0.0937 e. The molecule has 2 nitrogen and oxygen atoms in total. The minimum atomic E-state index is 0.734. The van der Waals surface area contributed by atoms with Crippen LogP contribution in [-0.4, -0.2) is 4.98 Å². The Labute approximate surface area is 87.4 Å². The second-order valence-electron chi connectivity index (χ2n) is 3.59. The molecule has 3 aromatic rings. The van der Waals surface area contributed by atoms with Crippen molar-refractivity contribution >= 4 is 27.4 Å². The van der Waals surface area contributed by atoms with Crippen LogP contribution in [0.1, 0.15) is 0 Å². The molecule has 0 amide bonds. The van der Waals surface area contributed by atoms with E-state index in [0.717, 1.165) is 22.0 Å². The van der Waals surface area contributed by atoms with Crippen molar-refractivity contribution in [2.24, 2.45) is 0 Å². The van der Waals surface area contributed by atoms with Gasteiger partial charge in [0.2, 0.25) is 0 Å². The van der Waals surface area contributed by atoms with Gasteiger partial charge >= 0.3 is 0 Å². The van der Waals surface area contributed by atoms with E-state index in [9.17, 15) is 0 Å². The molecule has 0 fully saturated rings. The molecule has 0 atom stereocenters. The molecule has 0 bridgehead atoms. The fraction of sp³-hybridized carbons (Fsp3) is 0. The number of para-hydroxylation sites is 1. The van der Waals surface area contributed by atoms with Crippen molar-refractivity contribution in [1.82, 2.24) is 4.98 Å². The normalized spacial score (nSPS) is 10.9. The lowest BCUT2D eigenvalue weighted by atomic mass is 10.1. The molecule has 0 spiro atoms. The van der Waals surface area contributed by atoms with E-state index in [0.29, 0.717) is 0 Å². The largest absolute Gasteiger partial charge is 0.397 e. The standard InChI is InChI=1S/C13H10N2/c14-12-7-3-6-11-10-5-2-1-4-9(10)8-15-13(11)12/h1-8H,14H2. The highest BCUT2D eigenvalue weighted by atomic mass is 14.7. The van der Waals surface area contributed by atoms with Crippen molar-refractivity contribution in [2.45, 2.75) is 0 Å². The fourth-order valence-corrected chi connectivity index (χ4v) is 1.91. The van der Waals surface area contributed by atoms with Crippen LogP contribution in [0.5, 0.6) is 0 Å². The van der Waals surface area contributed by atoms with Gasteiger partial charge in [0.05, 0.1) is 11.2 Å². The number of nitrogens with zero attached hydrogens (tertiary/aromatic N) is 1. The van der Waals surface area contributed by atoms with Crippen LogP contribution < -0.4 is 5.73 Å². The van der Waals surface area contributed by atoms with Crippen LogP contribution in [0.4, 0.5) is 5.69 Å². The molecule has 1 heterocycles. The van der Waals surface area contributed by atoms with Crippen LogP contribution in [-0.2, 0) is 0 Å². The number of benzene rings is 2. The molecule has 0 saturated carbocycles. The zero-order valence-electron chi connectivity index (χ0n) is 8.14. The molecule has 2 heteroatoms. The number of nitrogen functional groups attached to an aromatic ring is 1. The Kier molecular flexibility index (Phi) is 1.62. The SMILES string of the molecule is Nc1cccc2c1ncc1ccccc12. The highest BCUT2D eigenvalue weighted by Crippen LogP contribution is 2.26. The summed E-state index contributed by atoms with van der Waals surface area (Å²) in [5.41, 5.74) is 7.50. The lowest BCUT2D eigenvalue weighted by Gasteiger charge is -2.04. The first kappa shape index (κ1) is 8.24. The maximum atomic E-state index is 5.88. The van der Waals surface area contributed by atoms with Gasteiger partial charge in [-0.15, -0.1) is 0 Å². The van der Waals surface area contributed by atoms with Gasteiger partial charge in [-0.25, -0.2) is 0 Å². The van der Waals surface area contributed by atoms with Gasteiger partial charge in [-0.05, 0) is 11.5 Å². The summed E-state index contributed by atoms with van der Waals surface area (Å²) in [6, 6.07) is 14.1. The van der Waals surface area contributed by atoms with E-state index >= 15 is 0 Å². The number of aromatic nitrogens is 1. The fourth-order valence-electron chi connectivity index (χ4n) is 1.91. The van der Waals surface area contributed by atoms with E-state index in [1.54, 1.807) is 0 Å². The first-order valence-electron chi connectivity index (χ1n) is 4.88. The Morgan fingerprint density at radius 2 is 1.67 bits per heavy atom. The van der Waals surface area contributed by atoms with Crippen LogP contribution >= 0.6 is 0 Å². The highest BCUT2D eigenvalue weighted by molar-refractivity contribution is 6.08. The molecular weight excluding hydrogens is 184 g/mol. The van der Waals surface area contributed by atoms with E-state index in [1.165, 1.54) is 5.39 Å². The molecule has 0 aliphatic carbocycles. The summed E-state index contributed by atoms with van der Waals surface area (Å²) >= 11 is 0. The van der Waals surface area contributed by atoms with Crippen molar-refractivity contribution < 1.29 is 0 Å². The Bertz CT molecular complexity index is 644. The van der Waals surface area contributed by atoms with Gasteiger partial charge in [-0.3, -0.25) is 4.98 Å². The summed E-state index contributed by atoms with van der Waals surface area (Å²) < 4.78 is 0. The molecule has 0 radical (unpaired) electrons. The maximum absolute atomic E-state index is 5.88. The van der Waals surface area contributed by atoms with Crippen LogP contribution in [0.25, 0.3) is 21.7 Å². The average molecular weight is 194 g/mol. The topological polar surface area (TPSA) is 38.9 Å². The van der Waals surface area contributed by atoms with Crippen LogP contribution in [0.15, 0.2) is 48.7 Å². The first-order valence-corrected chi connectivity index (χ1v) is 4.88. The number of hydrogen-bond donors (Lipinski definition) is 1. The summed E-state index contributed by atoms with van der Waals surface area (Å²) in [5, 5.41) is 3.47. The molecule has 0 saturated heterocycles. The zero-order chi connectivity index (χ0) is 10.3. The van der Waals surface area contributed by atoms with E-state index < -0.39 is 0 Å². The Morgan fingerprint density at radius 3 is 2.60 bits per heavy atom. The van der Waals surface area contributed by atoms with E-state index in [-0.39, 0.29) is 0 Å². The van der Waals surface area contributed by atoms with Gasteiger partial charge < -0.3 is 5.73 Å². The average Bonchev–Trinajstić information content (AvgIpc) is 2.29. The Hall–Kier alpha value is -2.09. The third-order valence-corrected chi connectivity index (χ3v) is 2.65. The third kappa shape index (κ3) is 1.15. The number of nitrogens with two attached hydrogens (primary N) is 1. The number of rotatable bonds is 0. The molecular formula is C13H10N2. The minimum Gasteiger partial charge on any atom is -0.397 e. The smallest absolute Gasteiger partial charge is 0.0937 e. The molecule has 15 heavy (non-hydrogen) atoms. The monoisotopic (exact) mass is 194 g/mol. The summed E-state index contributed by atoms with van der Waals surface area (Å²) in [6.07, 6.45) is 1.87. The minimum absolute atomic E-state index is 0.734. The second kappa shape index (κ2) is 2.95. The van der Waals surface area contributed by atoms with Crippen LogP contribution in [0.3, 0.4) is 0 Å². The molecule has 3 rings (SSSR count). The van der Waals surface area contributed by atoms with E-state index in [4.69, 9.17) is 5.73 Å². The molecule has 72 valence electrons. The van der Waals surface area contributed by atoms with Crippen molar-refractivity contribution in [2.75, 3.05) is 5.73 Å². The summed E-state index contributed by atoms with van der Waals surface area (Å²) in [4.78, 5) is 4.38. The lowest BCUT2D eigenvalue weighted by Crippen LogP contribution is -1.89. The van der Waals surface area contributed by atoms with Crippen molar-refractivity contribution in [3.8, 4) is 0 Å². The van der Waals surface area contributed by atoms with Gasteiger partial charge in [-0.1, -0.05) is 36.4 Å². The van der Waals surface area contributed by atoms with Gasteiger partial charge in [0.25, 0.3) is 0 Å². The van der Waals surface area contributed by atoms with Gasteiger partial charge in [0.15, 0.2) is 0 Å². The molecule has 0 unspecified atom stereocenters. The summed E-state index contributed by atoms with van der Waals surface area (Å²) in [6.45, 7) is 0. The predicted octanol–water partition coefficient (Wildman–Crippen LogP) is 2.97. The third-order valence-electron chi connectivity index (χ3n) is 2.65. The van der Waals surface area contributed by atoms with Crippen LogP contribution in [0.2, 0.25) is 0 Å². The second-order valence-corrected chi connectivity index (χ2v) is 3.59. The Morgan fingerprint density at radius 1 is 0.867 bits per heavy atom. The number of fused-ring (bicyclic) bond motifs is 3. The quantitative estimate of drug-likeness (QED) is 0.441. The molecule has 0 aliphatic rings. The molecule has 0 aliphatic heterocycles. The first-order chi connectivity index (χ1) is 7.36. The van der Waals surface area contributed by atoms with E-state index in [2.05, 4.69) is 23.2 Å². The van der Waals surface area contributed by atoms with E-state index in [1.807, 2.05) is 30.5 Å². The van der Waals surface area contributed by atoms with Crippen molar-refractivity contribution in [1.29, 1.82) is 0 Å². The summed E-state index contributed by atoms with van der Waals surface area (Å²) in [5.74, 6) is 0. The predicted molar refractivity (Wildman–Crippen MR) is 63.7 cm³/mol. The number of hydrogen-bond acceptors (Lipinski definition) is 2. The van der Waals surface area contributed by atoms with Crippen molar-refractivity contribution in [3.05, 3.63) is 48.7 Å². The number of pyridine rings is 1. The van der Waals surface area contributed by atoms with Crippen molar-refractivity contribution in [3.63, 3.8) is 0 Å². The highest BCUT2D eigenvalue weighted by Gasteiger charge is 2.02. The summed E-state index contributed by atoms with van der Waals surface area (Å²) in [7, 11) is 0. The molecule has 2 aromatic carbocycles. The lowest BCUT2D eigenvalue weighted by molar-refractivity contribution is 1.44. The molecule has 1 aromatic heterocycles. The van der Waals surface area contributed by atoms with Crippen LogP contribution in [0, 0.1) is 0 Å². The molecule has 2 N–H and O–H groups in total. The zero-order valence-corrected chi connectivity index (χ0v) is 8.14. The van der Waals surface area contributed by atoms with Gasteiger partial charge in [0.1, 0.15) is 0 Å². The Balaban J connectivity index is 2.60. The van der Waals surface area contributed by atoms with Gasteiger partial charge in [-0.2, -0.15) is 0 Å².